The summed E-state index contributed by atoms with van der Waals surface area (Å²) in [5.41, 5.74) is 1.74. The van der Waals surface area contributed by atoms with Gasteiger partial charge in [-0.2, -0.15) is 4.31 Å². The number of nitrogens with zero attached hydrogens (tertiary/aromatic N) is 2. The predicted molar refractivity (Wildman–Crippen MR) is 82.7 cm³/mol. The van der Waals surface area contributed by atoms with E-state index in [9.17, 15) is 8.42 Å². The minimum atomic E-state index is -3.50. The Balaban J connectivity index is 2.17. The lowest BCUT2D eigenvalue weighted by Gasteiger charge is -2.33. The Morgan fingerprint density at radius 1 is 1.33 bits per heavy atom. The van der Waals surface area contributed by atoms with Crippen LogP contribution in [0.1, 0.15) is 12.5 Å². The summed E-state index contributed by atoms with van der Waals surface area (Å²) in [6.45, 7) is 5.74. The molecule has 0 amide bonds. The van der Waals surface area contributed by atoms with Crippen LogP contribution < -0.4 is 5.32 Å². The molecule has 0 bridgehead atoms. The molecular formula is C15H19N3O2S. The van der Waals surface area contributed by atoms with E-state index in [4.69, 9.17) is 0 Å². The zero-order valence-corrected chi connectivity index (χ0v) is 13.0. The molecule has 1 atom stereocenters. The van der Waals surface area contributed by atoms with E-state index >= 15 is 0 Å². The van der Waals surface area contributed by atoms with Crippen LogP contribution in [0.2, 0.25) is 0 Å². The van der Waals surface area contributed by atoms with E-state index < -0.39 is 10.0 Å². The third kappa shape index (κ3) is 2.43. The summed E-state index contributed by atoms with van der Waals surface area (Å²) < 4.78 is 27.6. The fraction of sp³-hybridized carbons (Fsp3) is 0.400. The summed E-state index contributed by atoms with van der Waals surface area (Å²) in [6, 6.07) is 7.09. The van der Waals surface area contributed by atoms with Crippen LogP contribution in [-0.2, 0) is 10.0 Å². The second kappa shape index (κ2) is 5.36. The van der Waals surface area contributed by atoms with E-state index in [0.717, 1.165) is 11.1 Å². The minimum absolute atomic E-state index is 0.0447. The van der Waals surface area contributed by atoms with Crippen molar-refractivity contribution in [3.8, 4) is 0 Å². The highest BCUT2D eigenvalue weighted by Gasteiger charge is 2.32. The number of sulfonamides is 1. The van der Waals surface area contributed by atoms with Gasteiger partial charge in [0.1, 0.15) is 0 Å². The largest absolute Gasteiger partial charge is 0.314 e. The van der Waals surface area contributed by atoms with Gasteiger partial charge in [-0.05, 0) is 37.6 Å². The first-order valence-electron chi connectivity index (χ1n) is 7.08. The molecule has 0 unspecified atom stereocenters. The first-order valence-corrected chi connectivity index (χ1v) is 8.53. The Labute approximate surface area is 125 Å². The lowest BCUT2D eigenvalue weighted by atomic mass is 10.1. The van der Waals surface area contributed by atoms with Gasteiger partial charge in [0, 0.05) is 37.3 Å². The Bertz CT molecular complexity index is 774. The van der Waals surface area contributed by atoms with Crippen LogP contribution in [0.5, 0.6) is 0 Å². The van der Waals surface area contributed by atoms with Crippen molar-refractivity contribution in [2.24, 2.45) is 0 Å². The van der Waals surface area contributed by atoms with Gasteiger partial charge in [-0.15, -0.1) is 0 Å². The van der Waals surface area contributed by atoms with Crippen LogP contribution in [0.25, 0.3) is 10.9 Å². The molecule has 1 fully saturated rings. The van der Waals surface area contributed by atoms with Crippen molar-refractivity contribution < 1.29 is 8.42 Å². The molecular weight excluding hydrogens is 286 g/mol. The number of nitrogens with one attached hydrogen (secondary N) is 1. The standard InChI is InChI=1S/C15H19N3O2S/c1-11-5-6-14(13-4-3-7-17-15(11)13)21(19,20)18-9-8-16-10-12(18)2/h3-7,12,16H,8-10H2,1-2H3/t12-/m1/s1. The molecule has 0 spiro atoms. The molecule has 0 saturated carbocycles. The maximum Gasteiger partial charge on any atom is 0.244 e. The monoisotopic (exact) mass is 305 g/mol. The molecule has 21 heavy (non-hydrogen) atoms. The van der Waals surface area contributed by atoms with E-state index in [1.807, 2.05) is 26.0 Å². The van der Waals surface area contributed by atoms with Gasteiger partial charge < -0.3 is 5.32 Å². The number of piperazine rings is 1. The van der Waals surface area contributed by atoms with Gasteiger partial charge in [0.05, 0.1) is 10.4 Å². The maximum atomic E-state index is 13.0. The van der Waals surface area contributed by atoms with Gasteiger partial charge in [0.2, 0.25) is 10.0 Å². The fourth-order valence-electron chi connectivity index (χ4n) is 2.82. The molecule has 112 valence electrons. The van der Waals surface area contributed by atoms with Crippen molar-refractivity contribution in [1.29, 1.82) is 0 Å². The second-order valence-electron chi connectivity index (χ2n) is 5.45. The summed E-state index contributed by atoms with van der Waals surface area (Å²) in [5.74, 6) is 0. The quantitative estimate of drug-likeness (QED) is 0.914. The SMILES string of the molecule is Cc1ccc(S(=O)(=O)N2CCNC[C@H]2C)c2cccnc12. The number of fused-ring (bicyclic) bond motifs is 1. The van der Waals surface area contributed by atoms with Gasteiger partial charge in [0.25, 0.3) is 0 Å². The van der Waals surface area contributed by atoms with Crippen molar-refractivity contribution in [1.82, 2.24) is 14.6 Å². The topological polar surface area (TPSA) is 62.3 Å². The fourth-order valence-corrected chi connectivity index (χ4v) is 4.63. The molecule has 1 N–H and O–H groups in total. The van der Waals surface area contributed by atoms with Crippen molar-refractivity contribution in [3.63, 3.8) is 0 Å². The number of hydrogen-bond donors (Lipinski definition) is 1. The highest BCUT2D eigenvalue weighted by Crippen LogP contribution is 2.28. The van der Waals surface area contributed by atoms with Crippen LogP contribution in [0.4, 0.5) is 0 Å². The summed E-state index contributed by atoms with van der Waals surface area (Å²) in [4.78, 5) is 4.68. The summed E-state index contributed by atoms with van der Waals surface area (Å²) in [7, 11) is -3.50. The van der Waals surface area contributed by atoms with E-state index in [0.29, 0.717) is 29.9 Å². The molecule has 1 saturated heterocycles. The first-order chi connectivity index (χ1) is 10.0. The molecule has 5 nitrogen and oxygen atoms in total. The smallest absolute Gasteiger partial charge is 0.244 e. The van der Waals surface area contributed by atoms with Crippen LogP contribution >= 0.6 is 0 Å². The zero-order valence-electron chi connectivity index (χ0n) is 12.2. The van der Waals surface area contributed by atoms with Gasteiger partial charge in [-0.1, -0.05) is 6.07 Å². The van der Waals surface area contributed by atoms with Crippen molar-refractivity contribution in [3.05, 3.63) is 36.0 Å². The summed E-state index contributed by atoms with van der Waals surface area (Å²) >= 11 is 0. The van der Waals surface area contributed by atoms with Gasteiger partial charge in [-0.3, -0.25) is 4.98 Å². The highest BCUT2D eigenvalue weighted by atomic mass is 32.2. The molecule has 2 aromatic rings. The number of rotatable bonds is 2. The molecule has 1 aromatic carbocycles. The Morgan fingerprint density at radius 3 is 2.90 bits per heavy atom. The molecule has 0 aliphatic carbocycles. The highest BCUT2D eigenvalue weighted by molar-refractivity contribution is 7.89. The third-order valence-corrected chi connectivity index (χ3v) is 6.03. The van der Waals surface area contributed by atoms with Crippen LogP contribution in [0.3, 0.4) is 0 Å². The van der Waals surface area contributed by atoms with Gasteiger partial charge in [-0.25, -0.2) is 8.42 Å². The average Bonchev–Trinajstić information content (AvgIpc) is 2.48. The van der Waals surface area contributed by atoms with Crippen molar-refractivity contribution in [2.45, 2.75) is 24.8 Å². The van der Waals surface area contributed by atoms with Crippen LogP contribution in [0.15, 0.2) is 35.4 Å². The van der Waals surface area contributed by atoms with Crippen LogP contribution in [0, 0.1) is 6.92 Å². The molecule has 1 aliphatic rings. The van der Waals surface area contributed by atoms with Crippen molar-refractivity contribution >= 4 is 20.9 Å². The van der Waals surface area contributed by atoms with Crippen LogP contribution in [-0.4, -0.2) is 43.4 Å². The third-order valence-electron chi connectivity index (χ3n) is 3.96. The number of aromatic nitrogens is 1. The molecule has 0 radical (unpaired) electrons. The number of aryl methyl sites for hydroxylation is 1. The number of pyridine rings is 1. The van der Waals surface area contributed by atoms with E-state index in [2.05, 4.69) is 10.3 Å². The molecule has 1 aliphatic heterocycles. The average molecular weight is 305 g/mol. The Kier molecular flexibility index (Phi) is 3.69. The molecule has 3 rings (SSSR count). The van der Waals surface area contributed by atoms with Gasteiger partial charge in [0.15, 0.2) is 0 Å². The minimum Gasteiger partial charge on any atom is -0.314 e. The first kappa shape index (κ1) is 14.4. The van der Waals surface area contributed by atoms with E-state index in [1.165, 1.54) is 0 Å². The van der Waals surface area contributed by atoms with E-state index in [1.54, 1.807) is 22.6 Å². The molecule has 6 heteroatoms. The Hall–Kier alpha value is -1.50. The Morgan fingerprint density at radius 2 is 2.14 bits per heavy atom. The summed E-state index contributed by atoms with van der Waals surface area (Å²) in [6.07, 6.45) is 1.69. The number of hydrogen-bond acceptors (Lipinski definition) is 4. The van der Waals surface area contributed by atoms with E-state index in [-0.39, 0.29) is 6.04 Å². The molecule has 1 aromatic heterocycles. The zero-order chi connectivity index (χ0) is 15.0. The normalized spacial score (nSPS) is 20.8. The maximum absolute atomic E-state index is 13.0. The number of benzene rings is 1. The predicted octanol–water partition coefficient (Wildman–Crippen LogP) is 1.53. The lowest BCUT2D eigenvalue weighted by Crippen LogP contribution is -2.52. The van der Waals surface area contributed by atoms with Gasteiger partial charge >= 0.3 is 0 Å². The second-order valence-corrected chi connectivity index (χ2v) is 7.31. The summed E-state index contributed by atoms with van der Waals surface area (Å²) in [5, 5.41) is 3.91. The van der Waals surface area contributed by atoms with Crippen molar-refractivity contribution in [2.75, 3.05) is 19.6 Å². The molecule has 2 heterocycles. The lowest BCUT2D eigenvalue weighted by molar-refractivity contribution is 0.284.